The van der Waals surface area contributed by atoms with E-state index in [0.717, 1.165) is 19.3 Å². The zero-order chi connectivity index (χ0) is 13.8. The van der Waals surface area contributed by atoms with Gasteiger partial charge in [-0.15, -0.1) is 0 Å². The standard InChI is InChI=1S/C13H24N2O3/c1-13(2,3)18-11(16)8-15-12(17)9-5-4-6-10(14)7-9/h9-10H,4-8,14H2,1-3H3,(H,15,17). The zero-order valence-corrected chi connectivity index (χ0v) is 11.5. The van der Waals surface area contributed by atoms with Crippen LogP contribution in [0.25, 0.3) is 0 Å². The second kappa shape index (κ2) is 6.18. The summed E-state index contributed by atoms with van der Waals surface area (Å²) in [4.78, 5) is 23.3. The summed E-state index contributed by atoms with van der Waals surface area (Å²) >= 11 is 0. The summed E-state index contributed by atoms with van der Waals surface area (Å²) in [7, 11) is 0. The first kappa shape index (κ1) is 15.0. The molecule has 3 N–H and O–H groups in total. The Labute approximate surface area is 108 Å². The van der Waals surface area contributed by atoms with Gasteiger partial charge in [0.2, 0.25) is 5.91 Å². The molecule has 0 radical (unpaired) electrons. The number of hydrogen-bond donors (Lipinski definition) is 2. The number of ether oxygens (including phenoxy) is 1. The van der Waals surface area contributed by atoms with Crippen LogP contribution < -0.4 is 11.1 Å². The van der Waals surface area contributed by atoms with Crippen molar-refractivity contribution >= 4 is 11.9 Å². The van der Waals surface area contributed by atoms with Crippen LogP contribution in [0.4, 0.5) is 0 Å². The van der Waals surface area contributed by atoms with Crippen LogP contribution in [0.15, 0.2) is 0 Å². The predicted octanol–water partition coefficient (Wildman–Crippen LogP) is 0.962. The molecule has 5 nitrogen and oxygen atoms in total. The van der Waals surface area contributed by atoms with Gasteiger partial charge in [0.25, 0.3) is 0 Å². The van der Waals surface area contributed by atoms with Gasteiger partial charge in [0.15, 0.2) is 0 Å². The minimum atomic E-state index is -0.519. The highest BCUT2D eigenvalue weighted by molar-refractivity contribution is 5.83. The molecule has 0 aromatic rings. The largest absolute Gasteiger partial charge is 0.459 e. The molecule has 0 spiro atoms. The third kappa shape index (κ3) is 5.49. The summed E-state index contributed by atoms with van der Waals surface area (Å²) in [5, 5.41) is 2.63. The molecule has 0 aromatic carbocycles. The van der Waals surface area contributed by atoms with Gasteiger partial charge in [0.1, 0.15) is 12.1 Å². The molecule has 1 aliphatic rings. The van der Waals surface area contributed by atoms with Gasteiger partial charge in [-0.05, 0) is 40.0 Å². The second-order valence-corrected chi connectivity index (χ2v) is 5.93. The van der Waals surface area contributed by atoms with E-state index in [9.17, 15) is 9.59 Å². The molecule has 0 heterocycles. The Balaban J connectivity index is 2.30. The molecular weight excluding hydrogens is 232 g/mol. The van der Waals surface area contributed by atoms with E-state index in [1.807, 2.05) is 0 Å². The lowest BCUT2D eigenvalue weighted by molar-refractivity contribution is -0.154. The van der Waals surface area contributed by atoms with E-state index in [2.05, 4.69) is 5.32 Å². The number of nitrogens with one attached hydrogen (secondary N) is 1. The van der Waals surface area contributed by atoms with Crippen LogP contribution in [0.1, 0.15) is 46.5 Å². The van der Waals surface area contributed by atoms with Gasteiger partial charge in [-0.25, -0.2) is 0 Å². The van der Waals surface area contributed by atoms with Crippen molar-refractivity contribution in [1.82, 2.24) is 5.32 Å². The molecule has 104 valence electrons. The Morgan fingerprint density at radius 2 is 2.00 bits per heavy atom. The second-order valence-electron chi connectivity index (χ2n) is 5.93. The smallest absolute Gasteiger partial charge is 0.325 e. The Bertz CT molecular complexity index is 310. The molecule has 2 atom stereocenters. The van der Waals surface area contributed by atoms with Crippen LogP contribution in [-0.2, 0) is 14.3 Å². The van der Waals surface area contributed by atoms with Crippen molar-refractivity contribution in [3.63, 3.8) is 0 Å². The maximum atomic E-state index is 11.8. The Hall–Kier alpha value is -1.10. The molecule has 0 bridgehead atoms. The molecule has 1 aliphatic carbocycles. The first-order chi connectivity index (χ1) is 8.28. The predicted molar refractivity (Wildman–Crippen MR) is 68.8 cm³/mol. The van der Waals surface area contributed by atoms with Gasteiger partial charge >= 0.3 is 5.97 Å². The van der Waals surface area contributed by atoms with Crippen molar-refractivity contribution in [2.75, 3.05) is 6.54 Å². The first-order valence-corrected chi connectivity index (χ1v) is 6.53. The molecule has 18 heavy (non-hydrogen) atoms. The average Bonchev–Trinajstić information content (AvgIpc) is 2.23. The SMILES string of the molecule is CC(C)(C)OC(=O)CNC(=O)C1CCCC(N)C1. The van der Waals surface area contributed by atoms with Crippen molar-refractivity contribution in [3.05, 3.63) is 0 Å². The number of rotatable bonds is 3. The summed E-state index contributed by atoms with van der Waals surface area (Å²) in [5.41, 5.74) is 5.31. The Morgan fingerprint density at radius 3 is 2.56 bits per heavy atom. The molecule has 1 amide bonds. The number of nitrogens with two attached hydrogens (primary N) is 1. The van der Waals surface area contributed by atoms with E-state index in [1.165, 1.54) is 0 Å². The van der Waals surface area contributed by atoms with E-state index >= 15 is 0 Å². The summed E-state index contributed by atoms with van der Waals surface area (Å²) in [6, 6.07) is 0.107. The van der Waals surface area contributed by atoms with Crippen molar-refractivity contribution in [2.24, 2.45) is 11.7 Å². The molecule has 1 rings (SSSR count). The minimum absolute atomic E-state index is 0.0591. The van der Waals surface area contributed by atoms with E-state index in [0.29, 0.717) is 6.42 Å². The lowest BCUT2D eigenvalue weighted by atomic mass is 9.85. The lowest BCUT2D eigenvalue weighted by Crippen LogP contribution is -2.41. The highest BCUT2D eigenvalue weighted by Crippen LogP contribution is 2.23. The van der Waals surface area contributed by atoms with Gasteiger partial charge in [0.05, 0.1) is 0 Å². The summed E-state index contributed by atoms with van der Waals surface area (Å²) in [5.74, 6) is -0.553. The number of carbonyl (C=O) groups is 2. The summed E-state index contributed by atoms with van der Waals surface area (Å²) in [6.07, 6.45) is 3.52. The fraction of sp³-hybridized carbons (Fsp3) is 0.846. The van der Waals surface area contributed by atoms with Gasteiger partial charge in [-0.2, -0.15) is 0 Å². The first-order valence-electron chi connectivity index (χ1n) is 6.53. The van der Waals surface area contributed by atoms with E-state index in [4.69, 9.17) is 10.5 Å². The van der Waals surface area contributed by atoms with Gasteiger partial charge < -0.3 is 15.8 Å². The maximum absolute atomic E-state index is 11.8. The van der Waals surface area contributed by atoms with Gasteiger partial charge in [0, 0.05) is 12.0 Å². The molecule has 5 heteroatoms. The highest BCUT2D eigenvalue weighted by Gasteiger charge is 2.26. The number of carbonyl (C=O) groups excluding carboxylic acids is 2. The zero-order valence-electron chi connectivity index (χ0n) is 11.5. The van der Waals surface area contributed by atoms with Crippen LogP contribution >= 0.6 is 0 Å². The van der Waals surface area contributed by atoms with Crippen molar-refractivity contribution in [2.45, 2.75) is 58.1 Å². The fourth-order valence-corrected chi connectivity index (χ4v) is 2.15. The topological polar surface area (TPSA) is 81.4 Å². The maximum Gasteiger partial charge on any atom is 0.325 e. The van der Waals surface area contributed by atoms with Crippen molar-refractivity contribution < 1.29 is 14.3 Å². The van der Waals surface area contributed by atoms with Crippen LogP contribution in [-0.4, -0.2) is 30.1 Å². The van der Waals surface area contributed by atoms with Crippen LogP contribution in [0.5, 0.6) is 0 Å². The van der Waals surface area contributed by atoms with Crippen molar-refractivity contribution in [1.29, 1.82) is 0 Å². The van der Waals surface area contributed by atoms with E-state index in [1.54, 1.807) is 20.8 Å². The average molecular weight is 256 g/mol. The van der Waals surface area contributed by atoms with Crippen molar-refractivity contribution in [3.8, 4) is 0 Å². The normalized spacial score (nSPS) is 24.4. The molecule has 0 aliphatic heterocycles. The Kier molecular flexibility index (Phi) is 5.14. The molecule has 1 saturated carbocycles. The third-order valence-corrected chi connectivity index (χ3v) is 2.91. The molecule has 0 saturated heterocycles. The van der Waals surface area contributed by atoms with Crippen LogP contribution in [0.3, 0.4) is 0 Å². The molecule has 2 unspecified atom stereocenters. The summed E-state index contributed by atoms with van der Waals surface area (Å²) in [6.45, 7) is 5.33. The minimum Gasteiger partial charge on any atom is -0.459 e. The molecule has 1 fully saturated rings. The lowest BCUT2D eigenvalue weighted by Gasteiger charge is -2.25. The van der Waals surface area contributed by atoms with E-state index in [-0.39, 0.29) is 24.4 Å². The highest BCUT2D eigenvalue weighted by atomic mass is 16.6. The number of amides is 1. The summed E-state index contributed by atoms with van der Waals surface area (Å²) < 4.78 is 5.12. The monoisotopic (exact) mass is 256 g/mol. The van der Waals surface area contributed by atoms with Gasteiger partial charge in [-0.1, -0.05) is 6.42 Å². The van der Waals surface area contributed by atoms with Gasteiger partial charge in [-0.3, -0.25) is 9.59 Å². The van der Waals surface area contributed by atoms with Crippen LogP contribution in [0, 0.1) is 5.92 Å². The van der Waals surface area contributed by atoms with E-state index < -0.39 is 11.6 Å². The Morgan fingerprint density at radius 1 is 1.33 bits per heavy atom. The van der Waals surface area contributed by atoms with Crippen LogP contribution in [0.2, 0.25) is 0 Å². The number of hydrogen-bond acceptors (Lipinski definition) is 4. The third-order valence-electron chi connectivity index (χ3n) is 2.91. The number of esters is 1. The quantitative estimate of drug-likeness (QED) is 0.737. The molecule has 0 aromatic heterocycles. The molecular formula is C13H24N2O3. The fourth-order valence-electron chi connectivity index (χ4n) is 2.15.